The Kier molecular flexibility index (Phi) is 8.62. The van der Waals surface area contributed by atoms with Crippen LogP contribution in [0.5, 0.6) is 11.5 Å². The van der Waals surface area contributed by atoms with Gasteiger partial charge in [0.2, 0.25) is 0 Å². The summed E-state index contributed by atoms with van der Waals surface area (Å²) in [6.07, 6.45) is 2.44. The van der Waals surface area contributed by atoms with Crippen molar-refractivity contribution in [3.63, 3.8) is 0 Å². The van der Waals surface area contributed by atoms with Crippen molar-refractivity contribution in [2.75, 3.05) is 26.9 Å². The van der Waals surface area contributed by atoms with Crippen LogP contribution in [0.15, 0.2) is 77.1 Å². The number of hydrogen-bond donors (Lipinski definition) is 0. The molecule has 0 aromatic heterocycles. The van der Waals surface area contributed by atoms with Gasteiger partial charge in [-0.2, -0.15) is 0 Å². The minimum absolute atomic E-state index is 0.118. The molecule has 3 aliphatic rings. The van der Waals surface area contributed by atoms with Gasteiger partial charge in [-0.3, -0.25) is 9.59 Å². The van der Waals surface area contributed by atoms with E-state index in [1.54, 1.807) is 7.11 Å². The number of Topliss-reactive ketones (excluding diaryl/α,β-unsaturated/α-hetero) is 2. The van der Waals surface area contributed by atoms with Crippen molar-refractivity contribution >= 4 is 22.3 Å². The molecule has 6 nitrogen and oxygen atoms in total. The first-order chi connectivity index (χ1) is 21.9. The lowest BCUT2D eigenvalue weighted by Gasteiger charge is -2.49. The molecule has 3 aromatic carbocycles. The minimum atomic E-state index is -0.440. The summed E-state index contributed by atoms with van der Waals surface area (Å²) >= 11 is 0. The predicted molar refractivity (Wildman–Crippen MR) is 182 cm³/mol. The lowest BCUT2D eigenvalue weighted by Crippen LogP contribution is -2.45. The van der Waals surface area contributed by atoms with Crippen LogP contribution < -0.4 is 9.47 Å². The van der Waals surface area contributed by atoms with E-state index < -0.39 is 5.92 Å². The van der Waals surface area contributed by atoms with Gasteiger partial charge in [0.25, 0.3) is 0 Å². The highest BCUT2D eigenvalue weighted by Crippen LogP contribution is 2.55. The van der Waals surface area contributed by atoms with E-state index >= 15 is 0 Å². The number of rotatable bonds is 9. The molecule has 6 heteroatoms. The van der Waals surface area contributed by atoms with E-state index in [2.05, 4.69) is 69.9 Å². The summed E-state index contributed by atoms with van der Waals surface area (Å²) in [5, 5.41) is 2.35. The quantitative estimate of drug-likeness (QED) is 0.239. The Labute approximate surface area is 273 Å². The predicted octanol–water partition coefficient (Wildman–Crippen LogP) is 8.46. The van der Waals surface area contributed by atoms with E-state index in [1.165, 1.54) is 16.3 Å². The van der Waals surface area contributed by atoms with Gasteiger partial charge in [-0.1, -0.05) is 70.2 Å². The molecule has 0 saturated carbocycles. The number of methoxy groups -OCH3 is 1. The highest BCUT2D eigenvalue weighted by Gasteiger charge is 2.49. The zero-order valence-electron chi connectivity index (χ0n) is 28.4. The summed E-state index contributed by atoms with van der Waals surface area (Å²) < 4.78 is 18.2. The largest absolute Gasteiger partial charge is 0.490 e. The molecule has 242 valence electrons. The van der Waals surface area contributed by atoms with Crippen molar-refractivity contribution in [3.05, 3.63) is 93.8 Å². The molecule has 1 aliphatic heterocycles. The van der Waals surface area contributed by atoms with Gasteiger partial charge in [-0.15, -0.1) is 0 Å². The monoisotopic (exact) mass is 621 g/mol. The molecule has 0 N–H and O–H groups in total. The summed E-state index contributed by atoms with van der Waals surface area (Å²) in [6.45, 7) is 14.7. The van der Waals surface area contributed by atoms with Gasteiger partial charge >= 0.3 is 0 Å². The second kappa shape index (κ2) is 12.4. The first kappa shape index (κ1) is 32.1. The zero-order chi connectivity index (χ0) is 32.8. The fourth-order valence-corrected chi connectivity index (χ4v) is 7.71. The molecule has 0 fully saturated rings. The molecule has 2 aliphatic carbocycles. The third-order valence-corrected chi connectivity index (χ3v) is 9.79. The van der Waals surface area contributed by atoms with Crippen molar-refractivity contribution in [2.24, 2.45) is 10.8 Å². The molecule has 0 bridgehead atoms. The van der Waals surface area contributed by atoms with Crippen LogP contribution in [0, 0.1) is 17.8 Å². The summed E-state index contributed by atoms with van der Waals surface area (Å²) in [4.78, 5) is 30.5. The van der Waals surface area contributed by atoms with Crippen molar-refractivity contribution in [1.82, 2.24) is 4.90 Å². The summed E-state index contributed by atoms with van der Waals surface area (Å²) in [6, 6.07) is 18.6. The average molecular weight is 622 g/mol. The Balaban J connectivity index is 1.45. The van der Waals surface area contributed by atoms with Crippen molar-refractivity contribution in [2.45, 2.75) is 79.8 Å². The molecule has 1 heterocycles. The normalized spacial score (nSPS) is 19.4. The summed E-state index contributed by atoms with van der Waals surface area (Å²) in [5.74, 6) is 1.06. The zero-order valence-corrected chi connectivity index (χ0v) is 28.4. The molecular weight excluding hydrogens is 574 g/mol. The number of aryl methyl sites for hydroxylation is 1. The van der Waals surface area contributed by atoms with Gasteiger partial charge in [-0.05, 0) is 71.6 Å². The van der Waals surface area contributed by atoms with Crippen LogP contribution in [0.4, 0.5) is 0 Å². The van der Waals surface area contributed by atoms with Crippen LogP contribution in [0.1, 0.15) is 82.9 Å². The van der Waals surface area contributed by atoms with Crippen molar-refractivity contribution in [1.29, 1.82) is 0 Å². The minimum Gasteiger partial charge on any atom is -0.490 e. The second-order valence-electron chi connectivity index (χ2n) is 14.7. The van der Waals surface area contributed by atoms with Crippen LogP contribution in [0.3, 0.4) is 0 Å². The fraction of sp³-hybridized carbons (Fsp3) is 0.450. The van der Waals surface area contributed by atoms with Gasteiger partial charge < -0.3 is 19.1 Å². The fourth-order valence-electron chi connectivity index (χ4n) is 7.71. The third kappa shape index (κ3) is 6.00. The Bertz CT molecular complexity index is 1710. The number of ketones is 2. The first-order valence-electron chi connectivity index (χ1n) is 16.6. The Morgan fingerprint density at radius 2 is 1.46 bits per heavy atom. The van der Waals surface area contributed by atoms with Gasteiger partial charge in [0.05, 0.1) is 13.2 Å². The maximum Gasteiger partial charge on any atom is 0.162 e. The number of ether oxygens (including phenoxy) is 3. The maximum atomic E-state index is 14.1. The van der Waals surface area contributed by atoms with Crippen LogP contribution in [0.2, 0.25) is 0 Å². The Morgan fingerprint density at radius 1 is 0.804 bits per heavy atom. The van der Waals surface area contributed by atoms with Crippen LogP contribution in [-0.2, 0) is 20.9 Å². The topological polar surface area (TPSA) is 65.1 Å². The Hall–Kier alpha value is -3.90. The highest BCUT2D eigenvalue weighted by molar-refractivity contribution is 6.06. The summed E-state index contributed by atoms with van der Waals surface area (Å²) in [5.41, 5.74) is 6.44. The SMILES string of the molecule is CCOc1cc(C2C3=C(CC(C)(C)CC3=O)N(CCOC)C3=C2C(=O)CC(C)(C)C3)ccc1OCc1c(C)ccc2ccccc12. The van der Waals surface area contributed by atoms with Crippen LogP contribution in [-0.4, -0.2) is 43.3 Å². The number of fused-ring (bicyclic) bond motifs is 1. The number of benzene rings is 3. The van der Waals surface area contributed by atoms with E-state index in [1.807, 2.05) is 31.2 Å². The standard InChI is InChI=1S/C40H47NO5/c1-8-45-35-19-27(15-16-34(35)46-24-29-25(2)13-14-26-11-9-10-12-28(26)29)36-37-30(20-39(3,4)22-32(37)42)41(17-18-44-7)31-21-40(5,6)23-33(43)38(31)36/h9-16,19,36H,8,17-18,20-24H2,1-7H3. The van der Waals surface area contributed by atoms with E-state index in [-0.39, 0.29) is 22.4 Å². The van der Waals surface area contributed by atoms with Crippen LogP contribution in [0.25, 0.3) is 10.8 Å². The van der Waals surface area contributed by atoms with Gasteiger partial charge in [-0.25, -0.2) is 0 Å². The third-order valence-electron chi connectivity index (χ3n) is 9.79. The molecule has 46 heavy (non-hydrogen) atoms. The molecule has 0 unspecified atom stereocenters. The lowest BCUT2D eigenvalue weighted by molar-refractivity contribution is -0.119. The molecular formula is C40H47NO5. The summed E-state index contributed by atoms with van der Waals surface area (Å²) in [7, 11) is 1.70. The number of carbonyl (C=O) groups is 2. The molecule has 0 amide bonds. The molecule has 0 radical (unpaired) electrons. The van der Waals surface area contributed by atoms with E-state index in [9.17, 15) is 9.59 Å². The van der Waals surface area contributed by atoms with E-state index in [0.29, 0.717) is 50.7 Å². The highest BCUT2D eigenvalue weighted by atomic mass is 16.5. The van der Waals surface area contributed by atoms with E-state index in [4.69, 9.17) is 14.2 Å². The van der Waals surface area contributed by atoms with Crippen molar-refractivity contribution < 1.29 is 23.8 Å². The van der Waals surface area contributed by atoms with Gasteiger partial charge in [0.15, 0.2) is 23.1 Å². The average Bonchev–Trinajstić information content (AvgIpc) is 2.99. The van der Waals surface area contributed by atoms with Crippen LogP contribution >= 0.6 is 0 Å². The first-order valence-corrected chi connectivity index (χ1v) is 16.6. The smallest absolute Gasteiger partial charge is 0.162 e. The molecule has 3 aromatic rings. The van der Waals surface area contributed by atoms with E-state index in [0.717, 1.165) is 46.5 Å². The molecule has 6 rings (SSSR count). The second-order valence-corrected chi connectivity index (χ2v) is 14.7. The Morgan fingerprint density at radius 3 is 2.09 bits per heavy atom. The lowest BCUT2D eigenvalue weighted by atomic mass is 9.63. The van der Waals surface area contributed by atoms with Crippen molar-refractivity contribution in [3.8, 4) is 11.5 Å². The number of allylic oxidation sites excluding steroid dienone is 4. The number of nitrogens with zero attached hydrogens (tertiary/aromatic N) is 1. The maximum absolute atomic E-state index is 14.1. The molecule has 0 saturated heterocycles. The number of carbonyl (C=O) groups excluding carboxylic acids is 2. The number of hydrogen-bond acceptors (Lipinski definition) is 6. The van der Waals surface area contributed by atoms with Gasteiger partial charge in [0.1, 0.15) is 6.61 Å². The molecule has 0 atom stereocenters. The molecule has 0 spiro atoms. The van der Waals surface area contributed by atoms with Gasteiger partial charge in [0, 0.05) is 60.5 Å².